The van der Waals surface area contributed by atoms with Gasteiger partial charge in [-0.05, 0) is 49.6 Å². The van der Waals surface area contributed by atoms with Crippen molar-refractivity contribution in [1.29, 1.82) is 0 Å². The fraction of sp³-hybridized carbons (Fsp3) is 0.400. The zero-order valence-corrected chi connectivity index (χ0v) is 17.6. The number of furan rings is 1. The second-order valence-electron chi connectivity index (χ2n) is 7.01. The standard InChI is InChI=1S/C20H22F2N2O6S/c1-2-29-20(26)17-3-4-18(30-17)31(27,28)24-7-5-14(6-8-24)19(25)23-12-13-9-15(21)11-16(22)10-13/h3-4,9-11,14H,2,5-8,12H2,1H3,(H,23,25). The average molecular weight is 456 g/mol. The predicted molar refractivity (Wildman–Crippen MR) is 104 cm³/mol. The van der Waals surface area contributed by atoms with Crippen molar-refractivity contribution < 1.29 is 35.9 Å². The minimum Gasteiger partial charge on any atom is -0.460 e. The van der Waals surface area contributed by atoms with Gasteiger partial charge in [-0.1, -0.05) is 0 Å². The highest BCUT2D eigenvalue weighted by molar-refractivity contribution is 7.89. The zero-order chi connectivity index (χ0) is 22.6. The molecule has 2 heterocycles. The number of nitrogens with one attached hydrogen (secondary N) is 1. The van der Waals surface area contributed by atoms with Gasteiger partial charge < -0.3 is 14.5 Å². The summed E-state index contributed by atoms with van der Waals surface area (Å²) in [4.78, 5) is 24.0. The van der Waals surface area contributed by atoms with Gasteiger partial charge in [-0.15, -0.1) is 0 Å². The molecular formula is C20H22F2N2O6S. The number of nitrogens with zero attached hydrogens (tertiary/aromatic N) is 1. The van der Waals surface area contributed by atoms with Gasteiger partial charge in [0.05, 0.1) is 6.61 Å². The van der Waals surface area contributed by atoms with Crippen molar-refractivity contribution in [3.63, 3.8) is 0 Å². The number of hydrogen-bond acceptors (Lipinski definition) is 6. The summed E-state index contributed by atoms with van der Waals surface area (Å²) in [5.41, 5.74) is 0.293. The number of carbonyl (C=O) groups is 2. The van der Waals surface area contributed by atoms with Crippen LogP contribution in [0.1, 0.15) is 35.9 Å². The molecule has 1 fully saturated rings. The number of amides is 1. The molecule has 168 valence electrons. The summed E-state index contributed by atoms with van der Waals surface area (Å²) < 4.78 is 63.1. The lowest BCUT2D eigenvalue weighted by Gasteiger charge is -2.29. The van der Waals surface area contributed by atoms with E-state index in [0.29, 0.717) is 5.56 Å². The maximum atomic E-state index is 13.2. The van der Waals surface area contributed by atoms with E-state index in [2.05, 4.69) is 5.32 Å². The molecule has 0 aliphatic carbocycles. The Bertz CT molecular complexity index is 1040. The number of hydrogen-bond donors (Lipinski definition) is 1. The molecule has 1 aromatic carbocycles. The Morgan fingerprint density at radius 3 is 2.42 bits per heavy atom. The number of halogens is 2. The number of ether oxygens (including phenoxy) is 1. The van der Waals surface area contributed by atoms with Crippen molar-refractivity contribution in [3.8, 4) is 0 Å². The van der Waals surface area contributed by atoms with E-state index >= 15 is 0 Å². The van der Waals surface area contributed by atoms with Crippen LogP contribution in [0.3, 0.4) is 0 Å². The maximum Gasteiger partial charge on any atom is 0.374 e. The van der Waals surface area contributed by atoms with Crippen LogP contribution in [0, 0.1) is 17.6 Å². The van der Waals surface area contributed by atoms with Gasteiger partial charge in [0, 0.05) is 31.6 Å². The average Bonchev–Trinajstić information content (AvgIpc) is 3.23. The Morgan fingerprint density at radius 1 is 1.16 bits per heavy atom. The van der Waals surface area contributed by atoms with E-state index in [1.807, 2.05) is 0 Å². The first-order valence-corrected chi connectivity index (χ1v) is 11.1. The molecule has 0 unspecified atom stereocenters. The Kier molecular flexibility index (Phi) is 7.06. The van der Waals surface area contributed by atoms with E-state index in [-0.39, 0.29) is 55.8 Å². The van der Waals surface area contributed by atoms with Gasteiger partial charge in [0.25, 0.3) is 10.0 Å². The van der Waals surface area contributed by atoms with Gasteiger partial charge >= 0.3 is 5.97 Å². The highest BCUT2D eigenvalue weighted by atomic mass is 32.2. The molecule has 0 spiro atoms. The summed E-state index contributed by atoms with van der Waals surface area (Å²) in [5.74, 6) is -3.17. The third-order valence-corrected chi connectivity index (χ3v) is 6.64. The zero-order valence-electron chi connectivity index (χ0n) is 16.8. The first-order valence-electron chi connectivity index (χ1n) is 9.70. The number of sulfonamides is 1. The molecule has 1 N–H and O–H groups in total. The van der Waals surface area contributed by atoms with E-state index in [9.17, 15) is 26.8 Å². The molecule has 1 saturated heterocycles. The van der Waals surface area contributed by atoms with Gasteiger partial charge in [0.2, 0.25) is 16.8 Å². The van der Waals surface area contributed by atoms with E-state index < -0.39 is 33.5 Å². The first kappa shape index (κ1) is 22.9. The number of piperidine rings is 1. The second kappa shape index (κ2) is 9.56. The van der Waals surface area contributed by atoms with Gasteiger partial charge in [-0.2, -0.15) is 4.31 Å². The second-order valence-corrected chi connectivity index (χ2v) is 8.88. The lowest BCUT2D eigenvalue weighted by Crippen LogP contribution is -2.42. The van der Waals surface area contributed by atoms with Crippen molar-refractivity contribution >= 4 is 21.9 Å². The normalized spacial score (nSPS) is 15.6. The molecule has 1 aliphatic heterocycles. The van der Waals surface area contributed by atoms with Crippen molar-refractivity contribution in [3.05, 3.63) is 53.3 Å². The Labute approximate surface area is 178 Å². The molecule has 0 bridgehead atoms. The topological polar surface area (TPSA) is 106 Å². The summed E-state index contributed by atoms with van der Waals surface area (Å²) in [6, 6.07) is 5.44. The molecule has 3 rings (SSSR count). The minimum atomic E-state index is -3.96. The molecule has 1 amide bonds. The molecule has 31 heavy (non-hydrogen) atoms. The van der Waals surface area contributed by atoms with Crippen molar-refractivity contribution in [2.24, 2.45) is 5.92 Å². The summed E-state index contributed by atoms with van der Waals surface area (Å²) in [6.07, 6.45) is 0.544. The van der Waals surface area contributed by atoms with Crippen LogP contribution in [-0.4, -0.2) is 44.3 Å². The van der Waals surface area contributed by atoms with Crippen LogP contribution in [-0.2, 0) is 26.1 Å². The number of carbonyl (C=O) groups excluding carboxylic acids is 2. The predicted octanol–water partition coefficient (Wildman–Crippen LogP) is 2.45. The fourth-order valence-corrected chi connectivity index (χ4v) is 4.68. The molecule has 0 atom stereocenters. The summed E-state index contributed by atoms with van der Waals surface area (Å²) in [5, 5.41) is 2.26. The van der Waals surface area contributed by atoms with Crippen LogP contribution in [0.2, 0.25) is 0 Å². The Morgan fingerprint density at radius 2 is 1.81 bits per heavy atom. The smallest absolute Gasteiger partial charge is 0.374 e. The third kappa shape index (κ3) is 5.47. The summed E-state index contributed by atoms with van der Waals surface area (Å²) >= 11 is 0. The van der Waals surface area contributed by atoms with Crippen LogP contribution in [0.4, 0.5) is 8.78 Å². The van der Waals surface area contributed by atoms with Gasteiger partial charge in [-0.3, -0.25) is 4.79 Å². The van der Waals surface area contributed by atoms with Crippen molar-refractivity contribution in [2.75, 3.05) is 19.7 Å². The SMILES string of the molecule is CCOC(=O)c1ccc(S(=O)(=O)N2CCC(C(=O)NCc3cc(F)cc(F)c3)CC2)o1. The maximum absolute atomic E-state index is 13.2. The first-order chi connectivity index (χ1) is 14.7. The molecule has 11 heteroatoms. The Hall–Kier alpha value is -2.79. The molecule has 1 aromatic heterocycles. The van der Waals surface area contributed by atoms with E-state index in [0.717, 1.165) is 18.2 Å². The fourth-order valence-electron chi connectivity index (χ4n) is 3.30. The van der Waals surface area contributed by atoms with Crippen LogP contribution in [0.15, 0.2) is 39.8 Å². The van der Waals surface area contributed by atoms with E-state index in [1.54, 1.807) is 6.92 Å². The van der Waals surface area contributed by atoms with Crippen LogP contribution >= 0.6 is 0 Å². The molecular weight excluding hydrogens is 434 g/mol. The molecule has 0 saturated carbocycles. The monoisotopic (exact) mass is 456 g/mol. The molecule has 0 radical (unpaired) electrons. The minimum absolute atomic E-state index is 0.0327. The highest BCUT2D eigenvalue weighted by Gasteiger charge is 2.34. The number of rotatable bonds is 7. The molecule has 2 aromatic rings. The largest absolute Gasteiger partial charge is 0.460 e. The highest BCUT2D eigenvalue weighted by Crippen LogP contribution is 2.25. The molecule has 1 aliphatic rings. The van der Waals surface area contributed by atoms with Crippen LogP contribution in [0.25, 0.3) is 0 Å². The lowest BCUT2D eigenvalue weighted by molar-refractivity contribution is -0.126. The van der Waals surface area contributed by atoms with Gasteiger partial charge in [-0.25, -0.2) is 22.0 Å². The van der Waals surface area contributed by atoms with Crippen molar-refractivity contribution in [1.82, 2.24) is 9.62 Å². The van der Waals surface area contributed by atoms with E-state index in [4.69, 9.17) is 9.15 Å². The quantitative estimate of drug-likeness (QED) is 0.642. The van der Waals surface area contributed by atoms with E-state index in [1.165, 1.54) is 16.4 Å². The summed E-state index contributed by atoms with van der Waals surface area (Å²) in [6.45, 7) is 1.89. The van der Waals surface area contributed by atoms with Gasteiger partial charge in [0.1, 0.15) is 11.6 Å². The van der Waals surface area contributed by atoms with Crippen LogP contribution < -0.4 is 5.32 Å². The number of esters is 1. The van der Waals surface area contributed by atoms with Crippen LogP contribution in [0.5, 0.6) is 0 Å². The lowest BCUT2D eigenvalue weighted by atomic mass is 9.97. The Balaban J connectivity index is 1.55. The third-order valence-electron chi connectivity index (χ3n) is 4.87. The molecule has 8 nitrogen and oxygen atoms in total. The van der Waals surface area contributed by atoms with Gasteiger partial charge in [0.15, 0.2) is 0 Å². The summed E-state index contributed by atoms with van der Waals surface area (Å²) in [7, 11) is -3.96. The van der Waals surface area contributed by atoms with Crippen molar-refractivity contribution in [2.45, 2.75) is 31.4 Å². The number of benzene rings is 1.